The van der Waals surface area contributed by atoms with Crippen LogP contribution in [0.1, 0.15) is 50.7 Å². The largest absolute Gasteiger partial charge is 0.355 e. The van der Waals surface area contributed by atoms with Gasteiger partial charge in [0, 0.05) is 0 Å². The van der Waals surface area contributed by atoms with Gasteiger partial charge in [-0.15, -0.1) is 0 Å². The van der Waals surface area contributed by atoms with E-state index in [1.54, 1.807) is 0 Å². The van der Waals surface area contributed by atoms with Gasteiger partial charge < -0.3 is 0 Å². The number of pyridine rings is 1. The molecule has 0 spiro atoms. The van der Waals surface area contributed by atoms with Gasteiger partial charge in [0.1, 0.15) is 5.15 Å². The molecule has 2 heterocycles. The number of nitrogens with zero attached hydrogens (tertiary/aromatic N) is 3. The fourth-order valence-electron chi connectivity index (χ4n) is 3.04. The molecular weight excluding hydrogens is 376 g/mol. The summed E-state index contributed by atoms with van der Waals surface area (Å²) in [5, 5.41) is -0.181. The summed E-state index contributed by atoms with van der Waals surface area (Å²) in [5.41, 5.74) is 2.24. The molecule has 0 amide bonds. The van der Waals surface area contributed by atoms with Crippen LogP contribution in [0, 0.1) is 5.82 Å². The van der Waals surface area contributed by atoms with Crippen LogP contribution in [0.4, 0.5) is 4.39 Å². The number of hydrogen-bond donors (Lipinski definition) is 0. The lowest BCUT2D eigenvalue weighted by atomic mass is 9.92. The molecule has 4 nitrogen and oxygen atoms in total. The summed E-state index contributed by atoms with van der Waals surface area (Å²) >= 11 is 12.0. The minimum absolute atomic E-state index is 0.0996. The molecule has 0 radical (unpaired) electrons. The third-order valence-corrected chi connectivity index (χ3v) is 4.85. The van der Waals surface area contributed by atoms with Gasteiger partial charge >= 0.3 is 5.69 Å². The highest BCUT2D eigenvalue weighted by molar-refractivity contribution is 6.34. The molecule has 136 valence electrons. The molecule has 3 aromatic rings. The monoisotopic (exact) mass is 393 g/mol. The maximum Gasteiger partial charge on any atom is 0.355 e. The lowest BCUT2D eigenvalue weighted by Gasteiger charge is -2.21. The molecule has 1 aromatic carbocycles. The van der Waals surface area contributed by atoms with Crippen molar-refractivity contribution in [2.75, 3.05) is 0 Å². The first kappa shape index (κ1) is 18.8. The van der Waals surface area contributed by atoms with Crippen LogP contribution < -0.4 is 5.69 Å². The summed E-state index contributed by atoms with van der Waals surface area (Å²) in [6.07, 6.45) is 0. The Hall–Kier alpha value is -1.98. The molecule has 7 heteroatoms. The molecule has 0 aliphatic rings. The normalized spacial score (nSPS) is 11.7. The summed E-state index contributed by atoms with van der Waals surface area (Å²) in [6, 6.07) is 7.04. The molecule has 0 saturated carbocycles. The Morgan fingerprint density at radius 3 is 2.12 bits per heavy atom. The maximum absolute atomic E-state index is 13.9. The van der Waals surface area contributed by atoms with E-state index in [2.05, 4.69) is 9.97 Å². The predicted molar refractivity (Wildman–Crippen MR) is 103 cm³/mol. The van der Waals surface area contributed by atoms with Crippen molar-refractivity contribution >= 4 is 34.2 Å². The van der Waals surface area contributed by atoms with Crippen molar-refractivity contribution in [1.29, 1.82) is 0 Å². The number of halogens is 3. The Morgan fingerprint density at radius 2 is 1.58 bits per heavy atom. The number of rotatable bonds is 3. The van der Waals surface area contributed by atoms with Gasteiger partial charge in [-0.1, -0.05) is 69.1 Å². The van der Waals surface area contributed by atoms with Crippen LogP contribution in [-0.2, 0) is 0 Å². The fourth-order valence-corrected chi connectivity index (χ4v) is 3.38. The lowest BCUT2D eigenvalue weighted by Crippen LogP contribution is -2.25. The molecule has 2 aromatic heterocycles. The number of hydrogen-bond acceptors (Lipinski definition) is 3. The Bertz CT molecular complexity index is 1030. The summed E-state index contributed by atoms with van der Waals surface area (Å²) in [4.78, 5) is 20.8. The maximum atomic E-state index is 13.9. The second-order valence-electron chi connectivity index (χ2n) is 6.75. The Labute approximate surface area is 160 Å². The van der Waals surface area contributed by atoms with Gasteiger partial charge in [-0.25, -0.2) is 18.7 Å². The highest BCUT2D eigenvalue weighted by Crippen LogP contribution is 2.33. The van der Waals surface area contributed by atoms with Gasteiger partial charge in [-0.3, -0.25) is 0 Å². The van der Waals surface area contributed by atoms with Crippen molar-refractivity contribution < 1.29 is 4.39 Å². The molecule has 0 aliphatic heterocycles. The Balaban J connectivity index is 2.55. The van der Waals surface area contributed by atoms with E-state index in [4.69, 9.17) is 23.2 Å². The quantitative estimate of drug-likeness (QED) is 0.437. The zero-order chi connectivity index (χ0) is 19.2. The first-order valence-corrected chi connectivity index (χ1v) is 9.05. The molecule has 0 N–H and O–H groups in total. The molecule has 26 heavy (non-hydrogen) atoms. The smallest absolute Gasteiger partial charge is 0.245 e. The first-order chi connectivity index (χ1) is 12.2. The number of para-hydroxylation sites is 1. The van der Waals surface area contributed by atoms with Crippen LogP contribution in [-0.4, -0.2) is 14.5 Å². The van der Waals surface area contributed by atoms with Gasteiger partial charge in [-0.2, -0.15) is 4.98 Å². The van der Waals surface area contributed by atoms with Crippen LogP contribution in [0.25, 0.3) is 16.7 Å². The van der Waals surface area contributed by atoms with Gasteiger partial charge in [0.05, 0.1) is 11.1 Å². The second-order valence-corrected chi connectivity index (χ2v) is 7.46. The molecule has 0 atom stereocenters. The van der Waals surface area contributed by atoms with E-state index in [-0.39, 0.29) is 33.2 Å². The van der Waals surface area contributed by atoms with Gasteiger partial charge in [0.25, 0.3) is 0 Å². The van der Waals surface area contributed by atoms with Gasteiger partial charge in [-0.05, 0) is 29.0 Å². The van der Waals surface area contributed by atoms with E-state index < -0.39 is 11.5 Å². The van der Waals surface area contributed by atoms with E-state index in [0.717, 1.165) is 17.2 Å². The minimum Gasteiger partial charge on any atom is -0.245 e. The first-order valence-electron chi connectivity index (χ1n) is 8.29. The molecule has 3 rings (SSSR count). The van der Waals surface area contributed by atoms with Gasteiger partial charge in [0.15, 0.2) is 16.6 Å². The SMILES string of the molecule is CC(C)c1cccc(C(C)C)c1-n1c(=O)nc(Cl)c2cc(F)c(Cl)nc21. The molecular formula is C19H18Cl2FN3O. The van der Waals surface area contributed by atoms with E-state index in [0.29, 0.717) is 5.69 Å². The molecule has 0 unspecified atom stereocenters. The number of benzene rings is 1. The number of fused-ring (bicyclic) bond motifs is 1. The Kier molecular flexibility index (Phi) is 5.04. The zero-order valence-corrected chi connectivity index (χ0v) is 16.4. The molecule has 0 bridgehead atoms. The van der Waals surface area contributed by atoms with Gasteiger partial charge in [0.2, 0.25) is 0 Å². The molecule has 0 aliphatic carbocycles. The standard InChI is InChI=1S/C19H18Cl2FN3O/c1-9(2)11-6-5-7-12(10(3)4)15(11)25-18-13(16(20)24-19(25)26)8-14(22)17(21)23-18/h5-10H,1-4H3. The van der Waals surface area contributed by atoms with Crippen molar-refractivity contribution in [1.82, 2.24) is 14.5 Å². The van der Waals surface area contributed by atoms with Crippen LogP contribution >= 0.6 is 23.2 Å². The summed E-state index contributed by atoms with van der Waals surface area (Å²) < 4.78 is 15.3. The van der Waals surface area contributed by atoms with Crippen LogP contribution in [0.5, 0.6) is 0 Å². The average Bonchev–Trinajstić information content (AvgIpc) is 2.56. The van der Waals surface area contributed by atoms with Crippen molar-refractivity contribution in [2.45, 2.75) is 39.5 Å². The Morgan fingerprint density at radius 1 is 1.00 bits per heavy atom. The molecule has 0 fully saturated rings. The highest BCUT2D eigenvalue weighted by Gasteiger charge is 2.21. The van der Waals surface area contributed by atoms with E-state index >= 15 is 0 Å². The summed E-state index contributed by atoms with van der Waals surface area (Å²) in [5.74, 6) is -0.413. The highest BCUT2D eigenvalue weighted by atomic mass is 35.5. The van der Waals surface area contributed by atoms with E-state index in [1.165, 1.54) is 4.57 Å². The average molecular weight is 394 g/mol. The van der Waals surface area contributed by atoms with Crippen LogP contribution in [0.15, 0.2) is 29.1 Å². The van der Waals surface area contributed by atoms with Crippen LogP contribution in [0.3, 0.4) is 0 Å². The summed E-state index contributed by atoms with van der Waals surface area (Å²) in [7, 11) is 0. The topological polar surface area (TPSA) is 47.8 Å². The van der Waals surface area contributed by atoms with E-state index in [9.17, 15) is 9.18 Å². The van der Waals surface area contributed by atoms with Crippen molar-refractivity contribution in [3.05, 3.63) is 62.0 Å². The third-order valence-electron chi connectivity index (χ3n) is 4.30. The van der Waals surface area contributed by atoms with E-state index in [1.807, 2.05) is 45.9 Å². The van der Waals surface area contributed by atoms with Crippen molar-refractivity contribution in [3.8, 4) is 5.69 Å². The minimum atomic E-state index is -0.714. The summed E-state index contributed by atoms with van der Waals surface area (Å²) in [6.45, 7) is 8.17. The lowest BCUT2D eigenvalue weighted by molar-refractivity contribution is 0.623. The third kappa shape index (κ3) is 3.10. The zero-order valence-electron chi connectivity index (χ0n) is 14.8. The number of aromatic nitrogens is 3. The second kappa shape index (κ2) is 6.97. The van der Waals surface area contributed by atoms with Crippen LogP contribution in [0.2, 0.25) is 10.3 Å². The van der Waals surface area contributed by atoms with Crippen molar-refractivity contribution in [2.24, 2.45) is 0 Å². The van der Waals surface area contributed by atoms with Crippen molar-refractivity contribution in [3.63, 3.8) is 0 Å². The predicted octanol–water partition coefficient (Wildman–Crippen LogP) is 5.47. The fraction of sp³-hybridized carbons (Fsp3) is 0.316. The molecule has 0 saturated heterocycles.